The molecule has 114 valence electrons. The van der Waals surface area contributed by atoms with Gasteiger partial charge in [0.1, 0.15) is 5.75 Å². The number of amides is 1. The first kappa shape index (κ1) is 15.4. The molecule has 1 aromatic carbocycles. The van der Waals surface area contributed by atoms with E-state index < -0.39 is 11.4 Å². The lowest BCUT2D eigenvalue weighted by Crippen LogP contribution is -2.37. The largest absolute Gasteiger partial charge is 0.497 e. The first-order chi connectivity index (χ1) is 9.97. The summed E-state index contributed by atoms with van der Waals surface area (Å²) in [6, 6.07) is 7.59. The van der Waals surface area contributed by atoms with Gasteiger partial charge in [0.15, 0.2) is 0 Å². The molecule has 5 heteroatoms. The molecular formula is C16H21NO4. The average molecular weight is 291 g/mol. The third-order valence-corrected chi connectivity index (χ3v) is 4.06. The Kier molecular flexibility index (Phi) is 4.50. The van der Waals surface area contributed by atoms with Gasteiger partial charge in [0, 0.05) is 12.5 Å². The highest BCUT2D eigenvalue weighted by Crippen LogP contribution is 2.45. The zero-order valence-corrected chi connectivity index (χ0v) is 12.4. The number of benzene rings is 1. The van der Waals surface area contributed by atoms with E-state index in [1.807, 2.05) is 31.2 Å². The molecule has 0 bridgehead atoms. The minimum atomic E-state index is -0.814. The number of carboxylic acid groups (broad SMARTS) is 1. The van der Waals surface area contributed by atoms with Crippen molar-refractivity contribution in [2.45, 2.75) is 26.2 Å². The molecular weight excluding hydrogens is 270 g/mol. The molecule has 1 aromatic rings. The van der Waals surface area contributed by atoms with Gasteiger partial charge in [-0.3, -0.25) is 9.59 Å². The molecule has 5 nitrogen and oxygen atoms in total. The number of ether oxygens (including phenoxy) is 1. The number of hydrogen-bond acceptors (Lipinski definition) is 3. The predicted molar refractivity (Wildman–Crippen MR) is 78.2 cm³/mol. The second kappa shape index (κ2) is 6.16. The normalized spacial score (nSPS) is 16.9. The molecule has 0 saturated heterocycles. The van der Waals surface area contributed by atoms with Crippen LogP contribution < -0.4 is 10.1 Å². The molecule has 1 fully saturated rings. The van der Waals surface area contributed by atoms with Crippen LogP contribution in [0.5, 0.6) is 5.75 Å². The summed E-state index contributed by atoms with van der Waals surface area (Å²) in [5, 5.41) is 11.8. The van der Waals surface area contributed by atoms with Gasteiger partial charge in [-0.15, -0.1) is 0 Å². The van der Waals surface area contributed by atoms with Crippen LogP contribution in [0.4, 0.5) is 0 Å². The lowest BCUT2D eigenvalue weighted by atomic mass is 9.99. The number of aliphatic carboxylic acids is 1. The van der Waals surface area contributed by atoms with Gasteiger partial charge in [0.2, 0.25) is 5.91 Å². The molecule has 1 amide bonds. The zero-order chi connectivity index (χ0) is 15.5. The summed E-state index contributed by atoms with van der Waals surface area (Å²) < 4.78 is 5.09. The Balaban J connectivity index is 1.83. The Morgan fingerprint density at radius 1 is 1.33 bits per heavy atom. The molecule has 1 atom stereocenters. The number of methoxy groups -OCH3 is 1. The van der Waals surface area contributed by atoms with Crippen molar-refractivity contribution in [3.63, 3.8) is 0 Å². The van der Waals surface area contributed by atoms with Crippen molar-refractivity contribution in [3.05, 3.63) is 29.8 Å². The highest BCUT2D eigenvalue weighted by atomic mass is 16.5. The number of rotatable bonds is 7. The summed E-state index contributed by atoms with van der Waals surface area (Å²) in [5.74, 6) is -0.320. The molecule has 0 radical (unpaired) electrons. The number of nitrogens with one attached hydrogen (secondary N) is 1. The topological polar surface area (TPSA) is 75.6 Å². The van der Waals surface area contributed by atoms with Gasteiger partial charge < -0.3 is 15.2 Å². The Labute approximate surface area is 124 Å². The maximum absolute atomic E-state index is 12.0. The molecule has 2 rings (SSSR count). The molecule has 0 heterocycles. The third-order valence-electron chi connectivity index (χ3n) is 4.06. The Bertz CT molecular complexity index is 520. The van der Waals surface area contributed by atoms with E-state index in [0.29, 0.717) is 19.3 Å². The van der Waals surface area contributed by atoms with Crippen molar-refractivity contribution in [2.75, 3.05) is 13.7 Å². The van der Waals surface area contributed by atoms with E-state index in [1.165, 1.54) is 0 Å². The van der Waals surface area contributed by atoms with Crippen molar-refractivity contribution >= 4 is 11.9 Å². The van der Waals surface area contributed by atoms with Crippen LogP contribution in [0.2, 0.25) is 0 Å². The van der Waals surface area contributed by atoms with Gasteiger partial charge in [-0.1, -0.05) is 19.1 Å². The van der Waals surface area contributed by atoms with E-state index in [2.05, 4.69) is 5.32 Å². The van der Waals surface area contributed by atoms with Crippen molar-refractivity contribution in [3.8, 4) is 5.75 Å². The van der Waals surface area contributed by atoms with Crippen molar-refractivity contribution in [1.82, 2.24) is 5.32 Å². The van der Waals surface area contributed by atoms with Crippen molar-refractivity contribution < 1.29 is 19.4 Å². The molecule has 0 spiro atoms. The van der Waals surface area contributed by atoms with Crippen LogP contribution in [0.25, 0.3) is 0 Å². The first-order valence-electron chi connectivity index (χ1n) is 7.11. The van der Waals surface area contributed by atoms with E-state index in [1.54, 1.807) is 7.11 Å². The number of carbonyl (C=O) groups excluding carboxylic acids is 1. The van der Waals surface area contributed by atoms with Gasteiger partial charge in [0.05, 0.1) is 12.5 Å². The number of hydrogen-bond donors (Lipinski definition) is 2. The molecule has 21 heavy (non-hydrogen) atoms. The third kappa shape index (κ3) is 3.74. The van der Waals surface area contributed by atoms with Crippen LogP contribution in [-0.2, 0) is 16.0 Å². The van der Waals surface area contributed by atoms with Crippen molar-refractivity contribution in [1.29, 1.82) is 0 Å². The lowest BCUT2D eigenvalue weighted by Gasteiger charge is -2.15. The predicted octanol–water partition coefficient (Wildman–Crippen LogP) is 1.85. The van der Waals surface area contributed by atoms with E-state index in [0.717, 1.165) is 11.3 Å². The quantitative estimate of drug-likeness (QED) is 0.804. The molecule has 1 aliphatic rings. The fourth-order valence-electron chi connectivity index (χ4n) is 2.26. The fourth-order valence-corrected chi connectivity index (χ4v) is 2.26. The Morgan fingerprint density at radius 3 is 2.43 bits per heavy atom. The number of carboxylic acids is 1. The highest BCUT2D eigenvalue weighted by molar-refractivity contribution is 5.82. The summed E-state index contributed by atoms with van der Waals surface area (Å²) >= 11 is 0. The summed E-state index contributed by atoms with van der Waals surface area (Å²) in [4.78, 5) is 23.1. The standard InChI is InChI=1S/C16H21NO4/c1-11(9-12-3-5-13(21-2)6-4-12)14(18)17-10-16(7-8-16)15(19)20/h3-6,11H,7-10H2,1-2H3,(H,17,18)(H,19,20). The Hall–Kier alpha value is -2.04. The molecule has 1 unspecified atom stereocenters. The van der Waals surface area contributed by atoms with Gasteiger partial charge in [0.25, 0.3) is 0 Å². The summed E-state index contributed by atoms with van der Waals surface area (Å²) in [7, 11) is 1.61. The van der Waals surface area contributed by atoms with Crippen LogP contribution in [0.1, 0.15) is 25.3 Å². The summed E-state index contributed by atoms with van der Waals surface area (Å²) in [6.07, 6.45) is 1.92. The second-order valence-electron chi connectivity index (χ2n) is 5.76. The maximum Gasteiger partial charge on any atom is 0.311 e. The number of carbonyl (C=O) groups is 2. The van der Waals surface area contributed by atoms with E-state index in [9.17, 15) is 9.59 Å². The second-order valence-corrected chi connectivity index (χ2v) is 5.76. The van der Waals surface area contributed by atoms with Gasteiger partial charge in [-0.2, -0.15) is 0 Å². The van der Waals surface area contributed by atoms with Crippen LogP contribution in [-0.4, -0.2) is 30.6 Å². The van der Waals surface area contributed by atoms with Crippen LogP contribution in [0, 0.1) is 11.3 Å². The van der Waals surface area contributed by atoms with E-state index in [-0.39, 0.29) is 18.4 Å². The molecule has 0 aromatic heterocycles. The zero-order valence-electron chi connectivity index (χ0n) is 12.4. The summed E-state index contributed by atoms with van der Waals surface area (Å²) in [5.41, 5.74) is 0.341. The minimum absolute atomic E-state index is 0.0988. The van der Waals surface area contributed by atoms with Gasteiger partial charge >= 0.3 is 5.97 Å². The highest BCUT2D eigenvalue weighted by Gasteiger charge is 2.50. The molecule has 1 saturated carbocycles. The van der Waals surface area contributed by atoms with Crippen molar-refractivity contribution in [2.24, 2.45) is 11.3 Å². The molecule has 1 aliphatic carbocycles. The summed E-state index contributed by atoms with van der Waals surface area (Å²) in [6.45, 7) is 2.08. The van der Waals surface area contributed by atoms with E-state index >= 15 is 0 Å². The average Bonchev–Trinajstić information content (AvgIpc) is 3.26. The van der Waals surface area contributed by atoms with Gasteiger partial charge in [-0.05, 0) is 37.0 Å². The first-order valence-corrected chi connectivity index (χ1v) is 7.11. The fraction of sp³-hybridized carbons (Fsp3) is 0.500. The molecule has 2 N–H and O–H groups in total. The Morgan fingerprint density at radius 2 is 1.95 bits per heavy atom. The van der Waals surface area contributed by atoms with Gasteiger partial charge in [-0.25, -0.2) is 0 Å². The van der Waals surface area contributed by atoms with Crippen LogP contribution >= 0.6 is 0 Å². The smallest absolute Gasteiger partial charge is 0.311 e. The monoisotopic (exact) mass is 291 g/mol. The SMILES string of the molecule is COc1ccc(CC(C)C(=O)NCC2(C(=O)O)CC2)cc1. The van der Waals surface area contributed by atoms with Crippen LogP contribution in [0.15, 0.2) is 24.3 Å². The minimum Gasteiger partial charge on any atom is -0.497 e. The van der Waals surface area contributed by atoms with E-state index in [4.69, 9.17) is 9.84 Å². The maximum atomic E-state index is 12.0. The molecule has 0 aliphatic heterocycles. The van der Waals surface area contributed by atoms with Crippen LogP contribution in [0.3, 0.4) is 0 Å². The lowest BCUT2D eigenvalue weighted by molar-refractivity contribution is -0.143.